The van der Waals surface area contributed by atoms with Gasteiger partial charge in [0.1, 0.15) is 0 Å². The number of hydrogen-bond donors (Lipinski definition) is 1. The Morgan fingerprint density at radius 2 is 1.88 bits per heavy atom. The molecule has 5 rings (SSSR count). The molecule has 3 saturated carbocycles. The average Bonchev–Trinajstić information content (AvgIpc) is 3.29. The van der Waals surface area contributed by atoms with Crippen LogP contribution in [0.5, 0.6) is 0 Å². The molecule has 7 atom stereocenters. The van der Waals surface area contributed by atoms with Crippen molar-refractivity contribution in [1.29, 1.82) is 0 Å². The molecule has 3 heteroatoms. The molecule has 1 saturated heterocycles. The number of rotatable bonds is 0. The first-order chi connectivity index (χ1) is 11.4. The number of ether oxygens (including phenoxy) is 1. The summed E-state index contributed by atoms with van der Waals surface area (Å²) in [6.45, 7) is 5.98. The number of aliphatic hydroxyl groups excluding tert-OH is 1. The van der Waals surface area contributed by atoms with Crippen molar-refractivity contribution in [1.82, 2.24) is 0 Å². The van der Waals surface area contributed by atoms with Gasteiger partial charge in [-0.05, 0) is 68.3 Å². The lowest BCUT2D eigenvalue weighted by Gasteiger charge is -2.57. The maximum absolute atomic E-state index is 10.2. The first-order valence-corrected chi connectivity index (χ1v) is 9.93. The molecule has 1 N–H and O–H groups in total. The third-order valence-corrected chi connectivity index (χ3v) is 8.98. The number of aliphatic imine (C=N–C) groups is 1. The van der Waals surface area contributed by atoms with Gasteiger partial charge in [-0.3, -0.25) is 4.99 Å². The van der Waals surface area contributed by atoms with Crippen molar-refractivity contribution in [2.75, 3.05) is 13.7 Å². The molecule has 3 nitrogen and oxygen atoms in total. The van der Waals surface area contributed by atoms with E-state index in [1.807, 2.05) is 7.05 Å². The van der Waals surface area contributed by atoms with Crippen molar-refractivity contribution in [3.05, 3.63) is 11.6 Å². The smallest absolute Gasteiger partial charge is 0.0972 e. The highest BCUT2D eigenvalue weighted by atomic mass is 16.6. The molecular formula is C21H31NO2. The van der Waals surface area contributed by atoms with Crippen LogP contribution in [0.1, 0.15) is 58.8 Å². The minimum Gasteiger partial charge on any atom is -0.393 e. The van der Waals surface area contributed by atoms with Gasteiger partial charge in [-0.1, -0.05) is 19.4 Å². The number of allylic oxidation sites excluding steroid dienone is 1. The molecule has 5 aliphatic rings. The van der Waals surface area contributed by atoms with Crippen molar-refractivity contribution in [2.24, 2.45) is 33.6 Å². The predicted molar refractivity (Wildman–Crippen MR) is 95.1 cm³/mol. The molecule has 132 valence electrons. The summed E-state index contributed by atoms with van der Waals surface area (Å²) in [6.07, 6.45) is 10.4. The minimum atomic E-state index is -0.151. The number of fused-ring (bicyclic) bond motifs is 6. The van der Waals surface area contributed by atoms with E-state index in [9.17, 15) is 5.11 Å². The Bertz CT molecular complexity index is 634. The van der Waals surface area contributed by atoms with E-state index in [-0.39, 0.29) is 17.1 Å². The second-order valence-corrected chi connectivity index (χ2v) is 9.65. The van der Waals surface area contributed by atoms with Gasteiger partial charge >= 0.3 is 0 Å². The maximum Gasteiger partial charge on any atom is 0.0972 e. The predicted octanol–water partition coefficient (Wildman–Crippen LogP) is 3.76. The number of epoxide rings is 1. The van der Waals surface area contributed by atoms with E-state index in [1.165, 1.54) is 37.0 Å². The zero-order valence-corrected chi connectivity index (χ0v) is 15.3. The Labute approximate surface area is 145 Å². The molecule has 24 heavy (non-hydrogen) atoms. The highest BCUT2D eigenvalue weighted by Gasteiger charge is 2.70. The molecule has 4 fully saturated rings. The maximum atomic E-state index is 10.2. The monoisotopic (exact) mass is 329 g/mol. The zero-order chi connectivity index (χ0) is 16.7. The van der Waals surface area contributed by atoms with Crippen LogP contribution in [0.25, 0.3) is 0 Å². The van der Waals surface area contributed by atoms with E-state index in [4.69, 9.17) is 9.73 Å². The number of aliphatic hydroxyl groups is 1. The van der Waals surface area contributed by atoms with Crippen LogP contribution in [0.4, 0.5) is 0 Å². The first kappa shape index (κ1) is 15.6. The number of hydrogen-bond acceptors (Lipinski definition) is 3. The second kappa shape index (κ2) is 4.73. The third kappa shape index (κ3) is 1.73. The summed E-state index contributed by atoms with van der Waals surface area (Å²) < 4.78 is 6.04. The van der Waals surface area contributed by atoms with Gasteiger partial charge in [0.2, 0.25) is 0 Å². The van der Waals surface area contributed by atoms with E-state index < -0.39 is 0 Å². The van der Waals surface area contributed by atoms with Crippen LogP contribution < -0.4 is 0 Å². The fraction of sp³-hybridized carbons (Fsp3) is 0.857. The van der Waals surface area contributed by atoms with Crippen molar-refractivity contribution >= 4 is 5.71 Å². The summed E-state index contributed by atoms with van der Waals surface area (Å²) in [7, 11) is 1.97. The highest BCUT2D eigenvalue weighted by molar-refractivity contribution is 5.99. The molecule has 0 bridgehead atoms. The topological polar surface area (TPSA) is 45.1 Å². The Hall–Kier alpha value is -0.670. The molecule has 0 aromatic rings. The van der Waals surface area contributed by atoms with Crippen LogP contribution in [0.15, 0.2) is 16.6 Å². The fourth-order valence-corrected chi connectivity index (χ4v) is 7.28. The number of nitrogens with zero attached hydrogens (tertiary/aromatic N) is 1. The lowest BCUT2D eigenvalue weighted by molar-refractivity contribution is -0.0283. The van der Waals surface area contributed by atoms with Crippen molar-refractivity contribution in [2.45, 2.75) is 70.5 Å². The molecule has 3 unspecified atom stereocenters. The Kier molecular flexibility index (Phi) is 3.07. The van der Waals surface area contributed by atoms with Gasteiger partial charge < -0.3 is 9.84 Å². The standard InChI is InChI=1S/C21H31NO2/c1-19-7-4-14(23)10-13(19)11-17(22-3)18-15(19)5-8-20(2)16(18)6-9-21(20)12-24-21/h11,14-16,18,23H,4-10,12H2,1-3H3/t14-,15?,16?,18?,19-,20-,21+/m0/s1. The van der Waals surface area contributed by atoms with Gasteiger partial charge in [-0.15, -0.1) is 0 Å². The second-order valence-electron chi connectivity index (χ2n) is 9.65. The molecule has 0 radical (unpaired) electrons. The van der Waals surface area contributed by atoms with E-state index in [1.54, 1.807) is 0 Å². The van der Waals surface area contributed by atoms with E-state index in [0.29, 0.717) is 17.3 Å². The summed E-state index contributed by atoms with van der Waals surface area (Å²) in [5.41, 5.74) is 3.62. The van der Waals surface area contributed by atoms with Crippen LogP contribution in [-0.4, -0.2) is 36.2 Å². The largest absolute Gasteiger partial charge is 0.393 e. The van der Waals surface area contributed by atoms with E-state index in [0.717, 1.165) is 31.8 Å². The Balaban J connectivity index is 1.59. The lowest BCUT2D eigenvalue weighted by atomic mass is 9.47. The fourth-order valence-electron chi connectivity index (χ4n) is 7.28. The summed E-state index contributed by atoms with van der Waals surface area (Å²) in [5, 5.41) is 10.2. The SMILES string of the molecule is CN=C1C=C2C[C@@H](O)CC[C@]2(C)C2CC[C@@]3(C)C(CC[C@@]34CO4)C12. The van der Waals surface area contributed by atoms with Crippen LogP contribution in [0.2, 0.25) is 0 Å². The molecule has 1 aliphatic heterocycles. The van der Waals surface area contributed by atoms with Gasteiger partial charge in [0, 0.05) is 24.1 Å². The van der Waals surface area contributed by atoms with Gasteiger partial charge in [-0.25, -0.2) is 0 Å². The summed E-state index contributed by atoms with van der Waals surface area (Å²) in [5.74, 6) is 2.02. The molecule has 1 heterocycles. The van der Waals surface area contributed by atoms with Gasteiger partial charge in [0.05, 0.1) is 18.3 Å². The lowest BCUT2D eigenvalue weighted by Crippen LogP contribution is -2.54. The normalized spacial score (nSPS) is 57.3. The van der Waals surface area contributed by atoms with Gasteiger partial charge in [0.25, 0.3) is 0 Å². The Morgan fingerprint density at radius 3 is 2.58 bits per heavy atom. The van der Waals surface area contributed by atoms with Gasteiger partial charge in [-0.2, -0.15) is 0 Å². The Morgan fingerprint density at radius 1 is 1.12 bits per heavy atom. The average molecular weight is 329 g/mol. The van der Waals surface area contributed by atoms with E-state index >= 15 is 0 Å². The minimum absolute atomic E-state index is 0.151. The zero-order valence-electron chi connectivity index (χ0n) is 15.3. The molecular weight excluding hydrogens is 298 g/mol. The van der Waals surface area contributed by atoms with Crippen LogP contribution in [-0.2, 0) is 4.74 Å². The highest BCUT2D eigenvalue weighted by Crippen LogP contribution is 2.70. The van der Waals surface area contributed by atoms with Crippen molar-refractivity contribution in [3.8, 4) is 0 Å². The van der Waals surface area contributed by atoms with Gasteiger partial charge in [0.15, 0.2) is 0 Å². The molecule has 0 aromatic carbocycles. The summed E-state index contributed by atoms with van der Waals surface area (Å²) >= 11 is 0. The molecule has 0 aromatic heterocycles. The third-order valence-electron chi connectivity index (χ3n) is 8.98. The quantitative estimate of drug-likeness (QED) is 0.688. The molecule has 0 amide bonds. The van der Waals surface area contributed by atoms with Crippen molar-refractivity contribution < 1.29 is 9.84 Å². The van der Waals surface area contributed by atoms with Crippen LogP contribution >= 0.6 is 0 Å². The molecule has 1 spiro atoms. The van der Waals surface area contributed by atoms with Crippen molar-refractivity contribution in [3.63, 3.8) is 0 Å². The summed E-state index contributed by atoms with van der Waals surface area (Å²) in [4.78, 5) is 4.76. The van der Waals surface area contributed by atoms with Crippen LogP contribution in [0.3, 0.4) is 0 Å². The molecule has 4 aliphatic carbocycles. The first-order valence-electron chi connectivity index (χ1n) is 9.93. The van der Waals surface area contributed by atoms with Crippen LogP contribution in [0, 0.1) is 28.6 Å². The van der Waals surface area contributed by atoms with E-state index in [2.05, 4.69) is 19.9 Å². The summed E-state index contributed by atoms with van der Waals surface area (Å²) in [6, 6.07) is 0.